The Morgan fingerprint density at radius 3 is 2.09 bits per heavy atom. The molecule has 0 radical (unpaired) electrons. The number of carbonyl (C=O) groups excluding carboxylic acids is 1. The van der Waals surface area contributed by atoms with Gasteiger partial charge in [-0.15, -0.1) is 0 Å². The monoisotopic (exact) mass is 459 g/mol. The third kappa shape index (κ3) is 5.32. The number of benzene rings is 3. The molecule has 0 aliphatic carbocycles. The molecule has 34 heavy (non-hydrogen) atoms. The van der Waals surface area contributed by atoms with Gasteiger partial charge in [0.2, 0.25) is 0 Å². The number of hydrogen-bond donors (Lipinski definition) is 0. The maximum Gasteiger partial charge on any atom is 0.304 e. The molecule has 0 N–H and O–H groups in total. The van der Waals surface area contributed by atoms with E-state index in [2.05, 4.69) is 7.05 Å². The van der Waals surface area contributed by atoms with E-state index in [0.29, 0.717) is 17.7 Å². The fraction of sp³-hybridized carbons (Fsp3) is 0.345. The van der Waals surface area contributed by atoms with Crippen LogP contribution in [0.3, 0.4) is 0 Å². The smallest absolute Gasteiger partial charge is 0.304 e. The van der Waals surface area contributed by atoms with Gasteiger partial charge in [0.1, 0.15) is 18.4 Å². The Bertz CT molecular complexity index is 1000. The highest BCUT2D eigenvalue weighted by Crippen LogP contribution is 2.30. The topological polar surface area (TPSA) is 58.6 Å². The number of likely N-dealkylation sites (N-methyl/N-ethyl adjacent to an activating group) is 1. The van der Waals surface area contributed by atoms with Crippen molar-refractivity contribution in [2.75, 3.05) is 33.4 Å². The van der Waals surface area contributed by atoms with E-state index in [4.69, 9.17) is 9.47 Å². The van der Waals surface area contributed by atoms with Crippen molar-refractivity contribution in [3.63, 3.8) is 0 Å². The maximum absolute atomic E-state index is 14.0. The Morgan fingerprint density at radius 1 is 0.941 bits per heavy atom. The van der Waals surface area contributed by atoms with Gasteiger partial charge in [-0.25, -0.2) is 0 Å². The van der Waals surface area contributed by atoms with Crippen LogP contribution in [-0.4, -0.2) is 49.8 Å². The summed E-state index contributed by atoms with van der Waals surface area (Å²) in [4.78, 5) is 13.3. The summed E-state index contributed by atoms with van der Waals surface area (Å²) in [6.45, 7) is 2.87. The van der Waals surface area contributed by atoms with Crippen LogP contribution in [0.4, 0.5) is 0 Å². The van der Waals surface area contributed by atoms with Crippen LogP contribution in [0, 0.1) is 0 Å². The van der Waals surface area contributed by atoms with E-state index in [9.17, 15) is 9.90 Å². The lowest BCUT2D eigenvalue weighted by Crippen LogP contribution is -2.54. The number of ether oxygens (including phenoxy) is 2. The summed E-state index contributed by atoms with van der Waals surface area (Å²) >= 11 is 0. The fourth-order valence-corrected chi connectivity index (χ4v) is 4.89. The summed E-state index contributed by atoms with van der Waals surface area (Å²) in [7, 11) is 2.22. The fourth-order valence-electron chi connectivity index (χ4n) is 4.89. The zero-order chi connectivity index (χ0) is 23.9. The summed E-state index contributed by atoms with van der Waals surface area (Å²) in [6, 6.07) is 27.6. The van der Waals surface area contributed by atoms with E-state index in [1.54, 1.807) is 48.5 Å². The van der Waals surface area contributed by atoms with Crippen LogP contribution in [0.1, 0.15) is 30.4 Å². The van der Waals surface area contributed by atoms with Gasteiger partial charge in [-0.2, -0.15) is 0 Å². The molecule has 1 unspecified atom stereocenters. The number of carbonyl (C=O) groups is 1. The van der Waals surface area contributed by atoms with E-state index in [1.807, 2.05) is 42.5 Å². The maximum atomic E-state index is 14.0. The molecule has 3 aromatic rings. The van der Waals surface area contributed by atoms with Crippen LogP contribution in [0.15, 0.2) is 91.0 Å². The normalized spacial score (nSPS) is 20.1. The number of esters is 1. The molecule has 2 atom stereocenters. The van der Waals surface area contributed by atoms with Crippen LogP contribution in [0.2, 0.25) is 0 Å². The number of hydrogen-bond acceptors (Lipinski definition) is 4. The van der Waals surface area contributed by atoms with Crippen molar-refractivity contribution < 1.29 is 23.9 Å². The first-order valence-corrected chi connectivity index (χ1v) is 12.0. The summed E-state index contributed by atoms with van der Waals surface area (Å²) < 4.78 is 12.5. The van der Waals surface area contributed by atoms with Gasteiger partial charge in [0.25, 0.3) is 0 Å². The van der Waals surface area contributed by atoms with E-state index < -0.39 is 11.6 Å². The molecule has 0 saturated carbocycles. The minimum Gasteiger partial charge on any atom is -0.834 e. The molecular formula is C29H33NO4. The molecule has 1 heterocycles. The lowest BCUT2D eigenvalue weighted by Gasteiger charge is -2.40. The SMILES string of the molecule is C[N+]1(CCCOc2ccccc2)CCC[C@@H]1COC(=O)C([O-])(c1ccccc1)c1ccccc1. The third-order valence-electron chi connectivity index (χ3n) is 6.97. The third-order valence-corrected chi connectivity index (χ3v) is 6.97. The lowest BCUT2D eigenvalue weighted by atomic mass is 9.86. The Kier molecular flexibility index (Phi) is 7.66. The van der Waals surface area contributed by atoms with Gasteiger partial charge >= 0.3 is 5.97 Å². The average molecular weight is 460 g/mol. The number of likely N-dealkylation sites (tertiary alicyclic amines) is 1. The zero-order valence-corrected chi connectivity index (χ0v) is 19.8. The average Bonchev–Trinajstić information content (AvgIpc) is 3.26. The molecule has 1 saturated heterocycles. The van der Waals surface area contributed by atoms with Gasteiger partial charge in [-0.3, -0.25) is 4.79 Å². The molecule has 5 nitrogen and oxygen atoms in total. The highest BCUT2D eigenvalue weighted by Gasteiger charge is 2.40. The van der Waals surface area contributed by atoms with E-state index >= 15 is 0 Å². The molecule has 1 aliphatic rings. The van der Waals surface area contributed by atoms with Crippen molar-refractivity contribution in [3.05, 3.63) is 102 Å². The van der Waals surface area contributed by atoms with Crippen molar-refractivity contribution in [2.24, 2.45) is 0 Å². The highest BCUT2D eigenvalue weighted by molar-refractivity contribution is 5.85. The highest BCUT2D eigenvalue weighted by atomic mass is 16.6. The predicted octanol–water partition coefficient (Wildman–Crippen LogP) is 3.91. The second-order valence-corrected chi connectivity index (χ2v) is 9.25. The standard InChI is InChI=1S/C29H33NO4/c1-30(21-12-22-33-27-18-9-4-10-19-27)20-11-17-26(30)23-34-28(31)29(32,24-13-5-2-6-14-24)25-15-7-3-8-16-25/h2-10,13-16,18-19,26H,11-12,17,20-23H2,1H3/t26-,30?/m1/s1. The van der Waals surface area contributed by atoms with Gasteiger partial charge in [0.05, 0.1) is 26.7 Å². The molecule has 1 fully saturated rings. The van der Waals surface area contributed by atoms with Gasteiger partial charge in [-0.1, -0.05) is 78.9 Å². The second kappa shape index (κ2) is 10.9. The van der Waals surface area contributed by atoms with Crippen LogP contribution >= 0.6 is 0 Å². The lowest BCUT2D eigenvalue weighted by molar-refractivity contribution is -0.921. The van der Waals surface area contributed by atoms with Gasteiger partial charge < -0.3 is 19.1 Å². The minimum absolute atomic E-state index is 0.177. The molecule has 0 amide bonds. The van der Waals surface area contributed by atoms with Gasteiger partial charge in [0.15, 0.2) is 0 Å². The van der Waals surface area contributed by atoms with E-state index in [-0.39, 0.29) is 12.6 Å². The van der Waals surface area contributed by atoms with E-state index in [0.717, 1.165) is 42.6 Å². The summed E-state index contributed by atoms with van der Waals surface area (Å²) in [5, 5.41) is 14.0. The Balaban J connectivity index is 1.39. The molecule has 3 aromatic carbocycles. The number of quaternary nitrogens is 1. The summed E-state index contributed by atoms with van der Waals surface area (Å²) in [6.07, 6.45) is 2.97. The van der Waals surface area contributed by atoms with Crippen molar-refractivity contribution in [2.45, 2.75) is 30.9 Å². The summed E-state index contributed by atoms with van der Waals surface area (Å²) in [5.41, 5.74) is -1.30. The van der Waals surface area contributed by atoms with Crippen molar-refractivity contribution >= 4 is 5.97 Å². The second-order valence-electron chi connectivity index (χ2n) is 9.25. The Morgan fingerprint density at radius 2 is 1.50 bits per heavy atom. The van der Waals surface area contributed by atoms with Crippen molar-refractivity contribution in [1.29, 1.82) is 0 Å². The van der Waals surface area contributed by atoms with Gasteiger partial charge in [-0.05, 0) is 23.3 Å². The van der Waals surface area contributed by atoms with Crippen LogP contribution in [0.25, 0.3) is 0 Å². The molecule has 5 heteroatoms. The van der Waals surface area contributed by atoms with Gasteiger partial charge in [0, 0.05) is 24.9 Å². The Hall–Kier alpha value is -3.15. The molecule has 0 spiro atoms. The summed E-state index contributed by atoms with van der Waals surface area (Å²) in [5.74, 6) is 0.140. The molecule has 0 bridgehead atoms. The molecule has 4 rings (SSSR count). The molecule has 1 aliphatic heterocycles. The van der Waals surface area contributed by atoms with Crippen LogP contribution < -0.4 is 9.84 Å². The number of rotatable bonds is 10. The minimum atomic E-state index is -2.09. The van der Waals surface area contributed by atoms with Crippen LogP contribution in [-0.2, 0) is 15.1 Å². The van der Waals surface area contributed by atoms with E-state index in [1.165, 1.54) is 0 Å². The first-order valence-electron chi connectivity index (χ1n) is 12.0. The van der Waals surface area contributed by atoms with Crippen molar-refractivity contribution in [3.8, 4) is 5.75 Å². The molecule has 0 aromatic heterocycles. The predicted molar refractivity (Wildman–Crippen MR) is 130 cm³/mol. The van der Waals surface area contributed by atoms with Crippen molar-refractivity contribution in [1.82, 2.24) is 0 Å². The Labute approximate surface area is 202 Å². The first-order chi connectivity index (χ1) is 16.5. The number of para-hydroxylation sites is 1. The molecular weight excluding hydrogens is 426 g/mol. The first kappa shape index (κ1) is 24.0. The molecule has 178 valence electrons. The zero-order valence-electron chi connectivity index (χ0n) is 19.8. The largest absolute Gasteiger partial charge is 0.834 e. The quantitative estimate of drug-likeness (QED) is 0.262. The number of nitrogens with zero attached hydrogens (tertiary/aromatic N) is 1. The van der Waals surface area contributed by atoms with Crippen LogP contribution in [0.5, 0.6) is 5.75 Å².